The maximum Gasteiger partial charge on any atom is 0.337 e. The van der Waals surface area contributed by atoms with Crippen LogP contribution in [-0.2, 0) is 4.74 Å². The normalized spacial score (nSPS) is 13.4. The van der Waals surface area contributed by atoms with Gasteiger partial charge in [-0.2, -0.15) is 0 Å². The van der Waals surface area contributed by atoms with Crippen molar-refractivity contribution in [3.8, 4) is 22.6 Å². The first-order valence-electron chi connectivity index (χ1n) is 10.9. The quantitative estimate of drug-likeness (QED) is 0.522. The van der Waals surface area contributed by atoms with Crippen LogP contribution in [0.15, 0.2) is 48.8 Å². The summed E-state index contributed by atoms with van der Waals surface area (Å²) < 4.78 is 15.6. The number of piperidine rings is 1. The standard InChI is InChI=1S/C25H28N4O4/c1-31-20-12-19(13-21(14-20)32-2)28-25-26-15-18(16-27-25)22-8-7-17(24(30)33-3)11-23(22)29-9-5-4-6-10-29/h7-8,11-16H,4-6,9-10H2,1-3H3,(H,26,27,28). The van der Waals surface area contributed by atoms with Crippen molar-refractivity contribution in [2.45, 2.75) is 19.3 Å². The largest absolute Gasteiger partial charge is 0.497 e. The molecule has 33 heavy (non-hydrogen) atoms. The summed E-state index contributed by atoms with van der Waals surface area (Å²) in [4.78, 5) is 23.4. The van der Waals surface area contributed by atoms with Gasteiger partial charge >= 0.3 is 5.97 Å². The zero-order chi connectivity index (χ0) is 23.2. The van der Waals surface area contributed by atoms with E-state index < -0.39 is 0 Å². The van der Waals surface area contributed by atoms with E-state index in [-0.39, 0.29) is 5.97 Å². The van der Waals surface area contributed by atoms with Gasteiger partial charge in [-0.05, 0) is 31.4 Å². The second-order valence-corrected chi connectivity index (χ2v) is 7.79. The zero-order valence-electron chi connectivity index (χ0n) is 19.1. The zero-order valence-corrected chi connectivity index (χ0v) is 19.1. The molecule has 3 aromatic rings. The number of nitrogens with one attached hydrogen (secondary N) is 1. The minimum Gasteiger partial charge on any atom is -0.497 e. The van der Waals surface area contributed by atoms with Crippen LogP contribution in [0.25, 0.3) is 11.1 Å². The highest BCUT2D eigenvalue weighted by atomic mass is 16.5. The molecule has 1 fully saturated rings. The van der Waals surface area contributed by atoms with E-state index in [1.807, 2.05) is 24.3 Å². The lowest BCUT2D eigenvalue weighted by molar-refractivity contribution is 0.0601. The van der Waals surface area contributed by atoms with Crippen LogP contribution >= 0.6 is 0 Å². The third-order valence-corrected chi connectivity index (χ3v) is 5.69. The number of esters is 1. The molecule has 0 saturated carbocycles. The van der Waals surface area contributed by atoms with Gasteiger partial charge in [0.1, 0.15) is 11.5 Å². The number of aromatic nitrogens is 2. The van der Waals surface area contributed by atoms with Crippen LogP contribution in [-0.4, -0.2) is 50.4 Å². The number of methoxy groups -OCH3 is 3. The summed E-state index contributed by atoms with van der Waals surface area (Å²) in [6.45, 7) is 1.91. The van der Waals surface area contributed by atoms with Crippen LogP contribution in [0.1, 0.15) is 29.6 Å². The first kappa shape index (κ1) is 22.4. The molecule has 172 valence electrons. The molecule has 2 aromatic carbocycles. The van der Waals surface area contributed by atoms with Crippen LogP contribution in [0, 0.1) is 0 Å². The number of carbonyl (C=O) groups excluding carboxylic acids is 1. The second kappa shape index (κ2) is 10.2. The average molecular weight is 449 g/mol. The van der Waals surface area contributed by atoms with Crippen molar-refractivity contribution in [2.75, 3.05) is 44.6 Å². The van der Waals surface area contributed by atoms with Crippen molar-refractivity contribution in [1.82, 2.24) is 9.97 Å². The molecule has 0 aliphatic carbocycles. The molecule has 8 heteroatoms. The Morgan fingerprint density at radius 1 is 0.909 bits per heavy atom. The summed E-state index contributed by atoms with van der Waals surface area (Å²) in [5.41, 5.74) is 4.16. The molecule has 0 bridgehead atoms. The van der Waals surface area contributed by atoms with Crippen LogP contribution in [0.2, 0.25) is 0 Å². The van der Waals surface area contributed by atoms with Crippen molar-refractivity contribution >= 4 is 23.3 Å². The number of benzene rings is 2. The number of anilines is 3. The fraction of sp³-hybridized carbons (Fsp3) is 0.320. The lowest BCUT2D eigenvalue weighted by Crippen LogP contribution is -2.30. The Labute approximate surface area is 193 Å². The third-order valence-electron chi connectivity index (χ3n) is 5.69. The van der Waals surface area contributed by atoms with E-state index >= 15 is 0 Å². The molecule has 1 N–H and O–H groups in total. The number of carbonyl (C=O) groups is 1. The highest BCUT2D eigenvalue weighted by Gasteiger charge is 2.19. The van der Waals surface area contributed by atoms with Crippen molar-refractivity contribution in [1.29, 1.82) is 0 Å². The number of hydrogen-bond acceptors (Lipinski definition) is 8. The molecular formula is C25H28N4O4. The van der Waals surface area contributed by atoms with Crippen molar-refractivity contribution < 1.29 is 19.0 Å². The van der Waals surface area contributed by atoms with E-state index in [1.54, 1.807) is 38.7 Å². The molecule has 8 nitrogen and oxygen atoms in total. The van der Waals surface area contributed by atoms with Crippen LogP contribution in [0.5, 0.6) is 11.5 Å². The molecule has 1 saturated heterocycles. The van der Waals surface area contributed by atoms with Gasteiger partial charge in [-0.1, -0.05) is 6.07 Å². The van der Waals surface area contributed by atoms with Crippen molar-refractivity contribution in [3.05, 3.63) is 54.4 Å². The summed E-state index contributed by atoms with van der Waals surface area (Å²) in [7, 11) is 4.61. The predicted octanol–water partition coefficient (Wildman–Crippen LogP) is 4.68. The first-order chi connectivity index (χ1) is 16.1. The molecular weight excluding hydrogens is 420 g/mol. The Hall–Kier alpha value is -3.81. The van der Waals surface area contributed by atoms with Gasteiger partial charge in [-0.3, -0.25) is 0 Å². The van der Waals surface area contributed by atoms with Gasteiger partial charge in [-0.15, -0.1) is 0 Å². The van der Waals surface area contributed by atoms with Gasteiger partial charge in [0.05, 0.1) is 26.9 Å². The minimum absolute atomic E-state index is 0.343. The summed E-state index contributed by atoms with van der Waals surface area (Å²) in [6.07, 6.45) is 7.05. The SMILES string of the molecule is COC(=O)c1ccc(-c2cnc(Nc3cc(OC)cc(OC)c3)nc2)c(N2CCCCC2)c1. The fourth-order valence-electron chi connectivity index (χ4n) is 3.96. The highest BCUT2D eigenvalue weighted by molar-refractivity contribution is 5.93. The van der Waals surface area contributed by atoms with E-state index in [9.17, 15) is 4.79 Å². The monoisotopic (exact) mass is 448 g/mol. The van der Waals surface area contributed by atoms with Gasteiger partial charge in [0.15, 0.2) is 0 Å². The Balaban J connectivity index is 1.62. The van der Waals surface area contributed by atoms with E-state index in [0.717, 1.165) is 48.4 Å². The maximum absolute atomic E-state index is 12.1. The molecule has 1 aliphatic rings. The van der Waals surface area contributed by atoms with E-state index in [0.29, 0.717) is 23.0 Å². The number of ether oxygens (including phenoxy) is 3. The molecule has 1 aromatic heterocycles. The highest BCUT2D eigenvalue weighted by Crippen LogP contribution is 2.34. The Bertz CT molecular complexity index is 1090. The maximum atomic E-state index is 12.1. The minimum atomic E-state index is -0.343. The molecule has 0 radical (unpaired) electrons. The van der Waals surface area contributed by atoms with Gasteiger partial charge < -0.3 is 24.4 Å². The van der Waals surface area contributed by atoms with Gasteiger partial charge in [0.2, 0.25) is 5.95 Å². The topological polar surface area (TPSA) is 85.8 Å². The van der Waals surface area contributed by atoms with Gasteiger partial charge in [0, 0.05) is 66.2 Å². The smallest absolute Gasteiger partial charge is 0.337 e. The number of nitrogens with zero attached hydrogens (tertiary/aromatic N) is 3. The first-order valence-corrected chi connectivity index (χ1v) is 10.9. The summed E-state index contributed by atoms with van der Waals surface area (Å²) >= 11 is 0. The third kappa shape index (κ3) is 5.16. The summed E-state index contributed by atoms with van der Waals surface area (Å²) in [5, 5.41) is 3.19. The molecule has 0 amide bonds. The van der Waals surface area contributed by atoms with E-state index in [4.69, 9.17) is 14.2 Å². The van der Waals surface area contributed by atoms with Crippen molar-refractivity contribution in [3.63, 3.8) is 0 Å². The van der Waals surface area contributed by atoms with E-state index in [2.05, 4.69) is 20.2 Å². The van der Waals surface area contributed by atoms with Crippen LogP contribution in [0.3, 0.4) is 0 Å². The van der Waals surface area contributed by atoms with Gasteiger partial charge in [-0.25, -0.2) is 14.8 Å². The summed E-state index contributed by atoms with van der Waals surface area (Å²) in [6, 6.07) is 11.1. The number of rotatable bonds is 7. The Kier molecular flexibility index (Phi) is 6.92. The molecule has 1 aliphatic heterocycles. The molecule has 0 atom stereocenters. The Morgan fingerprint density at radius 2 is 1.58 bits per heavy atom. The van der Waals surface area contributed by atoms with Crippen LogP contribution < -0.4 is 19.7 Å². The predicted molar refractivity (Wildman–Crippen MR) is 128 cm³/mol. The number of hydrogen-bond donors (Lipinski definition) is 1. The molecule has 2 heterocycles. The summed E-state index contributed by atoms with van der Waals surface area (Å²) in [5.74, 6) is 1.46. The second-order valence-electron chi connectivity index (χ2n) is 7.79. The Morgan fingerprint density at radius 3 is 2.18 bits per heavy atom. The molecule has 4 rings (SSSR count). The van der Waals surface area contributed by atoms with Gasteiger partial charge in [0.25, 0.3) is 0 Å². The van der Waals surface area contributed by atoms with Crippen LogP contribution in [0.4, 0.5) is 17.3 Å². The molecule has 0 unspecified atom stereocenters. The fourth-order valence-corrected chi connectivity index (χ4v) is 3.96. The van der Waals surface area contributed by atoms with Crippen molar-refractivity contribution in [2.24, 2.45) is 0 Å². The lowest BCUT2D eigenvalue weighted by Gasteiger charge is -2.31. The van der Waals surface area contributed by atoms with E-state index in [1.165, 1.54) is 13.5 Å². The lowest BCUT2D eigenvalue weighted by atomic mass is 10.0. The average Bonchev–Trinajstić information content (AvgIpc) is 2.88. The molecule has 0 spiro atoms.